The summed E-state index contributed by atoms with van der Waals surface area (Å²) in [5.74, 6) is 0.829. The Morgan fingerprint density at radius 3 is 2.42 bits per heavy atom. The Balaban J connectivity index is 1.95. The number of nitriles is 1. The van der Waals surface area contributed by atoms with Crippen LogP contribution in [0.5, 0.6) is 0 Å². The SMILES string of the molecule is CC(C)(C)C1CCN(Cc2ccccc2C#N)CC1. The third kappa shape index (κ3) is 3.58. The minimum absolute atomic E-state index is 0.427. The molecule has 2 rings (SSSR count). The summed E-state index contributed by atoms with van der Waals surface area (Å²) in [6.07, 6.45) is 2.55. The van der Waals surface area contributed by atoms with Crippen LogP contribution in [0.4, 0.5) is 0 Å². The van der Waals surface area contributed by atoms with Crippen molar-refractivity contribution in [3.8, 4) is 6.07 Å². The molecule has 0 unspecified atom stereocenters. The summed E-state index contributed by atoms with van der Waals surface area (Å²) in [5, 5.41) is 9.13. The summed E-state index contributed by atoms with van der Waals surface area (Å²) in [6, 6.07) is 10.2. The lowest BCUT2D eigenvalue weighted by Crippen LogP contribution is -2.37. The molecule has 0 aromatic heterocycles. The first-order valence-electron chi connectivity index (χ1n) is 7.21. The number of hydrogen-bond acceptors (Lipinski definition) is 2. The van der Waals surface area contributed by atoms with E-state index >= 15 is 0 Å². The fraction of sp³-hybridized carbons (Fsp3) is 0.588. The van der Waals surface area contributed by atoms with Crippen LogP contribution in [0.2, 0.25) is 0 Å². The maximum absolute atomic E-state index is 9.13. The predicted octanol–water partition coefficient (Wildman–Crippen LogP) is 3.82. The van der Waals surface area contributed by atoms with Gasteiger partial charge in [-0.1, -0.05) is 39.0 Å². The molecule has 1 aliphatic heterocycles. The van der Waals surface area contributed by atoms with Crippen molar-refractivity contribution in [1.82, 2.24) is 4.90 Å². The molecule has 1 heterocycles. The molecule has 0 aliphatic carbocycles. The summed E-state index contributed by atoms with van der Waals surface area (Å²) >= 11 is 0. The molecular weight excluding hydrogens is 232 g/mol. The van der Waals surface area contributed by atoms with E-state index in [0.717, 1.165) is 31.1 Å². The van der Waals surface area contributed by atoms with Gasteiger partial charge in [0.15, 0.2) is 0 Å². The normalized spacial score (nSPS) is 18.2. The molecule has 0 bridgehead atoms. The summed E-state index contributed by atoms with van der Waals surface area (Å²) in [4.78, 5) is 2.48. The Morgan fingerprint density at radius 2 is 1.84 bits per heavy atom. The van der Waals surface area contributed by atoms with Crippen LogP contribution in [0.1, 0.15) is 44.7 Å². The van der Waals surface area contributed by atoms with Crippen LogP contribution in [0.15, 0.2) is 24.3 Å². The van der Waals surface area contributed by atoms with Crippen molar-refractivity contribution in [2.24, 2.45) is 11.3 Å². The standard InChI is InChI=1S/C17H24N2/c1-17(2,3)16-8-10-19(11-9-16)13-15-7-5-4-6-14(15)12-18/h4-7,16H,8-11,13H2,1-3H3. The molecule has 0 radical (unpaired) electrons. The molecule has 2 heteroatoms. The highest BCUT2D eigenvalue weighted by atomic mass is 15.1. The first-order valence-corrected chi connectivity index (χ1v) is 7.21. The highest BCUT2D eigenvalue weighted by molar-refractivity contribution is 5.37. The molecule has 1 saturated heterocycles. The van der Waals surface area contributed by atoms with Gasteiger partial charge in [0.05, 0.1) is 11.6 Å². The molecule has 19 heavy (non-hydrogen) atoms. The van der Waals surface area contributed by atoms with Crippen LogP contribution < -0.4 is 0 Å². The number of rotatable bonds is 2. The van der Waals surface area contributed by atoms with Crippen molar-refractivity contribution < 1.29 is 0 Å². The Morgan fingerprint density at radius 1 is 1.21 bits per heavy atom. The van der Waals surface area contributed by atoms with Gasteiger partial charge in [-0.05, 0) is 48.9 Å². The van der Waals surface area contributed by atoms with Crippen molar-refractivity contribution >= 4 is 0 Å². The van der Waals surface area contributed by atoms with E-state index in [1.807, 2.05) is 18.2 Å². The van der Waals surface area contributed by atoms with E-state index < -0.39 is 0 Å². The summed E-state index contributed by atoms with van der Waals surface area (Å²) in [7, 11) is 0. The Bertz CT molecular complexity index is 457. The zero-order valence-corrected chi connectivity index (χ0v) is 12.3. The molecule has 2 nitrogen and oxygen atoms in total. The molecule has 102 valence electrons. The lowest BCUT2D eigenvalue weighted by atomic mass is 9.75. The lowest BCUT2D eigenvalue weighted by Gasteiger charge is -2.38. The first kappa shape index (κ1) is 14.1. The van der Waals surface area contributed by atoms with Gasteiger partial charge in [0, 0.05) is 6.54 Å². The maximum atomic E-state index is 9.13. The van der Waals surface area contributed by atoms with Crippen molar-refractivity contribution in [2.45, 2.75) is 40.2 Å². The summed E-state index contributed by atoms with van der Waals surface area (Å²) < 4.78 is 0. The number of hydrogen-bond donors (Lipinski definition) is 0. The Hall–Kier alpha value is -1.33. The van der Waals surface area contributed by atoms with Gasteiger partial charge in [-0.3, -0.25) is 4.90 Å². The van der Waals surface area contributed by atoms with Gasteiger partial charge in [0.2, 0.25) is 0 Å². The molecular formula is C17H24N2. The molecule has 0 saturated carbocycles. The van der Waals surface area contributed by atoms with Crippen LogP contribution in [-0.4, -0.2) is 18.0 Å². The molecule has 0 atom stereocenters. The minimum Gasteiger partial charge on any atom is -0.299 e. The van der Waals surface area contributed by atoms with Gasteiger partial charge < -0.3 is 0 Å². The average Bonchev–Trinajstić information content (AvgIpc) is 2.39. The minimum atomic E-state index is 0.427. The van der Waals surface area contributed by atoms with Crippen LogP contribution in [0, 0.1) is 22.7 Å². The van der Waals surface area contributed by atoms with Gasteiger partial charge in [0.1, 0.15) is 0 Å². The fourth-order valence-corrected chi connectivity index (χ4v) is 2.97. The highest BCUT2D eigenvalue weighted by Crippen LogP contribution is 2.34. The van der Waals surface area contributed by atoms with E-state index in [-0.39, 0.29) is 0 Å². The Labute approximate surface area is 117 Å². The van der Waals surface area contributed by atoms with Gasteiger partial charge in [-0.15, -0.1) is 0 Å². The van der Waals surface area contributed by atoms with Crippen LogP contribution in [0.3, 0.4) is 0 Å². The third-order valence-electron chi connectivity index (χ3n) is 4.34. The summed E-state index contributed by atoms with van der Waals surface area (Å²) in [5.41, 5.74) is 2.41. The zero-order chi connectivity index (χ0) is 13.9. The van der Waals surface area contributed by atoms with Crippen LogP contribution in [0.25, 0.3) is 0 Å². The highest BCUT2D eigenvalue weighted by Gasteiger charge is 2.28. The van der Waals surface area contributed by atoms with Crippen molar-refractivity contribution in [3.05, 3.63) is 35.4 Å². The quantitative estimate of drug-likeness (QED) is 0.804. The third-order valence-corrected chi connectivity index (χ3v) is 4.34. The zero-order valence-electron chi connectivity index (χ0n) is 12.3. The fourth-order valence-electron chi connectivity index (χ4n) is 2.97. The van der Waals surface area contributed by atoms with Crippen molar-refractivity contribution in [3.63, 3.8) is 0 Å². The molecule has 0 amide bonds. The van der Waals surface area contributed by atoms with E-state index in [9.17, 15) is 0 Å². The lowest BCUT2D eigenvalue weighted by molar-refractivity contribution is 0.108. The monoisotopic (exact) mass is 256 g/mol. The van der Waals surface area contributed by atoms with Gasteiger partial charge >= 0.3 is 0 Å². The first-order chi connectivity index (χ1) is 9.00. The average molecular weight is 256 g/mol. The van der Waals surface area contributed by atoms with E-state index in [2.05, 4.69) is 37.8 Å². The molecule has 1 aromatic rings. The molecule has 0 spiro atoms. The Kier molecular flexibility index (Phi) is 4.27. The maximum Gasteiger partial charge on any atom is 0.0995 e. The number of nitrogens with zero attached hydrogens (tertiary/aromatic N) is 2. The van der Waals surface area contributed by atoms with Gasteiger partial charge in [-0.25, -0.2) is 0 Å². The van der Waals surface area contributed by atoms with Gasteiger partial charge in [-0.2, -0.15) is 5.26 Å². The van der Waals surface area contributed by atoms with E-state index in [4.69, 9.17) is 5.26 Å². The second-order valence-electron chi connectivity index (χ2n) is 6.69. The van der Waals surface area contributed by atoms with E-state index in [0.29, 0.717) is 5.41 Å². The second-order valence-corrected chi connectivity index (χ2v) is 6.69. The van der Waals surface area contributed by atoms with Crippen LogP contribution in [-0.2, 0) is 6.54 Å². The number of piperidine rings is 1. The van der Waals surface area contributed by atoms with Crippen molar-refractivity contribution in [2.75, 3.05) is 13.1 Å². The smallest absolute Gasteiger partial charge is 0.0995 e. The second kappa shape index (κ2) is 5.75. The molecule has 1 aliphatic rings. The van der Waals surface area contributed by atoms with E-state index in [1.165, 1.54) is 18.4 Å². The summed E-state index contributed by atoms with van der Waals surface area (Å²) in [6.45, 7) is 10.3. The van der Waals surface area contributed by atoms with Crippen LogP contribution >= 0.6 is 0 Å². The van der Waals surface area contributed by atoms with Gasteiger partial charge in [0.25, 0.3) is 0 Å². The van der Waals surface area contributed by atoms with E-state index in [1.54, 1.807) is 0 Å². The topological polar surface area (TPSA) is 27.0 Å². The molecule has 0 N–H and O–H groups in total. The molecule has 1 aromatic carbocycles. The molecule has 1 fully saturated rings. The number of benzene rings is 1. The largest absolute Gasteiger partial charge is 0.299 e. The number of likely N-dealkylation sites (tertiary alicyclic amines) is 1. The predicted molar refractivity (Wildman–Crippen MR) is 78.6 cm³/mol. The van der Waals surface area contributed by atoms with Crippen molar-refractivity contribution in [1.29, 1.82) is 5.26 Å².